The van der Waals surface area contributed by atoms with Crippen LogP contribution in [0.25, 0.3) is 11.2 Å². The molecule has 3 heterocycles. The number of aromatic nitrogens is 4. The highest BCUT2D eigenvalue weighted by molar-refractivity contribution is 5.75. The van der Waals surface area contributed by atoms with E-state index in [4.69, 9.17) is 9.72 Å². The number of halogens is 2. The molecule has 0 bridgehead atoms. The predicted octanol–water partition coefficient (Wildman–Crippen LogP) is 3.17. The first-order chi connectivity index (χ1) is 12.4. The van der Waals surface area contributed by atoms with Gasteiger partial charge in [0.05, 0.1) is 30.3 Å². The molecule has 0 atom stereocenters. The minimum atomic E-state index is -2.56. The van der Waals surface area contributed by atoms with Crippen molar-refractivity contribution in [3.05, 3.63) is 17.1 Å². The summed E-state index contributed by atoms with van der Waals surface area (Å²) in [7, 11) is 0. The number of ether oxygens (including phenoxy) is 1. The highest BCUT2D eigenvalue weighted by Crippen LogP contribution is 2.41. The van der Waals surface area contributed by atoms with Gasteiger partial charge in [-0.3, -0.25) is 0 Å². The molecule has 2 aromatic heterocycles. The number of nitrogens with zero attached hydrogens (tertiary/aromatic N) is 5. The molecule has 140 valence electrons. The summed E-state index contributed by atoms with van der Waals surface area (Å²) in [5.41, 5.74) is 3.62. The molecule has 1 aliphatic carbocycles. The van der Waals surface area contributed by atoms with Crippen molar-refractivity contribution in [2.75, 3.05) is 31.2 Å². The van der Waals surface area contributed by atoms with Crippen LogP contribution in [0.5, 0.6) is 0 Å². The molecule has 2 aromatic rings. The minimum absolute atomic E-state index is 0.0312. The second-order valence-corrected chi connectivity index (χ2v) is 7.21. The molecule has 0 N–H and O–H groups in total. The van der Waals surface area contributed by atoms with Crippen LogP contribution in [0.15, 0.2) is 0 Å². The van der Waals surface area contributed by atoms with Gasteiger partial charge in [0.15, 0.2) is 5.65 Å². The molecular weight excluding hydrogens is 340 g/mol. The molecular formula is C18H23F2N5O. The molecule has 1 saturated heterocycles. The monoisotopic (exact) mass is 363 g/mol. The largest absolute Gasteiger partial charge is 0.378 e. The Hall–Kier alpha value is -1.96. The average Bonchev–Trinajstić information content (AvgIpc) is 2.63. The molecule has 1 saturated carbocycles. The molecule has 0 aromatic carbocycles. The van der Waals surface area contributed by atoms with E-state index in [2.05, 4.69) is 19.9 Å². The van der Waals surface area contributed by atoms with Gasteiger partial charge in [0, 0.05) is 31.8 Å². The van der Waals surface area contributed by atoms with E-state index in [0.29, 0.717) is 56.3 Å². The molecule has 4 rings (SSSR count). The summed E-state index contributed by atoms with van der Waals surface area (Å²) < 4.78 is 32.6. The average molecular weight is 363 g/mol. The highest BCUT2D eigenvalue weighted by Gasteiger charge is 2.37. The molecule has 2 fully saturated rings. The van der Waals surface area contributed by atoms with E-state index in [1.165, 1.54) is 0 Å². The van der Waals surface area contributed by atoms with Crippen molar-refractivity contribution in [2.45, 2.75) is 51.4 Å². The maximum atomic E-state index is 13.6. The van der Waals surface area contributed by atoms with Crippen LogP contribution in [0, 0.1) is 13.8 Å². The number of aryl methyl sites for hydroxylation is 2. The summed E-state index contributed by atoms with van der Waals surface area (Å²) in [6.45, 7) is 6.49. The number of rotatable bonds is 2. The number of fused-ring (bicyclic) bond motifs is 1. The van der Waals surface area contributed by atoms with Crippen LogP contribution in [-0.4, -0.2) is 52.2 Å². The molecule has 2 aliphatic rings. The molecule has 26 heavy (non-hydrogen) atoms. The summed E-state index contributed by atoms with van der Waals surface area (Å²) in [4.78, 5) is 20.7. The second kappa shape index (κ2) is 6.64. The Morgan fingerprint density at radius 1 is 0.962 bits per heavy atom. The highest BCUT2D eigenvalue weighted by atomic mass is 19.3. The Bertz CT molecular complexity index is 813. The van der Waals surface area contributed by atoms with Gasteiger partial charge in [-0.15, -0.1) is 0 Å². The minimum Gasteiger partial charge on any atom is -0.378 e. The van der Waals surface area contributed by atoms with E-state index in [1.54, 1.807) is 0 Å². The molecule has 0 spiro atoms. The van der Waals surface area contributed by atoms with Crippen LogP contribution < -0.4 is 4.90 Å². The Kier molecular flexibility index (Phi) is 4.46. The summed E-state index contributed by atoms with van der Waals surface area (Å²) in [5, 5.41) is 0. The Morgan fingerprint density at radius 3 is 2.31 bits per heavy atom. The van der Waals surface area contributed by atoms with E-state index in [1.807, 2.05) is 13.8 Å². The fourth-order valence-corrected chi connectivity index (χ4v) is 3.62. The first-order valence-electron chi connectivity index (χ1n) is 9.16. The lowest BCUT2D eigenvalue weighted by Crippen LogP contribution is -2.37. The van der Waals surface area contributed by atoms with E-state index in [-0.39, 0.29) is 18.8 Å². The summed E-state index contributed by atoms with van der Waals surface area (Å²) >= 11 is 0. The zero-order chi connectivity index (χ0) is 18.3. The van der Waals surface area contributed by atoms with Crippen molar-refractivity contribution in [1.82, 2.24) is 19.9 Å². The smallest absolute Gasteiger partial charge is 0.248 e. The Morgan fingerprint density at radius 2 is 1.62 bits per heavy atom. The molecule has 0 unspecified atom stereocenters. The topological polar surface area (TPSA) is 64.0 Å². The maximum absolute atomic E-state index is 13.6. The molecule has 6 nitrogen and oxygen atoms in total. The number of hydrogen-bond acceptors (Lipinski definition) is 6. The lowest BCUT2D eigenvalue weighted by molar-refractivity contribution is -0.0384. The van der Waals surface area contributed by atoms with Gasteiger partial charge in [-0.2, -0.15) is 4.98 Å². The van der Waals surface area contributed by atoms with Crippen molar-refractivity contribution in [3.8, 4) is 0 Å². The van der Waals surface area contributed by atoms with Crippen molar-refractivity contribution in [1.29, 1.82) is 0 Å². The van der Waals surface area contributed by atoms with Crippen LogP contribution in [0.3, 0.4) is 0 Å². The summed E-state index contributed by atoms with van der Waals surface area (Å²) in [6, 6.07) is 0. The quantitative estimate of drug-likeness (QED) is 0.817. The molecule has 8 heteroatoms. The molecule has 0 radical (unpaired) electrons. The lowest BCUT2D eigenvalue weighted by Gasteiger charge is -2.30. The van der Waals surface area contributed by atoms with Gasteiger partial charge in [-0.05, 0) is 26.7 Å². The van der Waals surface area contributed by atoms with Crippen LogP contribution in [0.4, 0.5) is 14.7 Å². The van der Waals surface area contributed by atoms with Crippen LogP contribution in [0.2, 0.25) is 0 Å². The van der Waals surface area contributed by atoms with Crippen LogP contribution in [0.1, 0.15) is 48.7 Å². The Balaban J connectivity index is 1.79. The third-order valence-corrected chi connectivity index (χ3v) is 5.36. The maximum Gasteiger partial charge on any atom is 0.248 e. The second-order valence-electron chi connectivity index (χ2n) is 7.21. The van der Waals surface area contributed by atoms with Gasteiger partial charge < -0.3 is 9.64 Å². The lowest BCUT2D eigenvalue weighted by atomic mass is 9.84. The molecule has 1 aliphatic heterocycles. The zero-order valence-corrected chi connectivity index (χ0v) is 15.1. The van der Waals surface area contributed by atoms with Gasteiger partial charge in [-0.25, -0.2) is 23.7 Å². The van der Waals surface area contributed by atoms with E-state index < -0.39 is 5.92 Å². The van der Waals surface area contributed by atoms with Gasteiger partial charge in [0.2, 0.25) is 11.9 Å². The first kappa shape index (κ1) is 17.5. The fraction of sp³-hybridized carbons (Fsp3) is 0.667. The normalized spacial score (nSPS) is 21.3. The van der Waals surface area contributed by atoms with E-state index in [9.17, 15) is 8.78 Å². The number of hydrogen-bond donors (Lipinski definition) is 0. The summed E-state index contributed by atoms with van der Waals surface area (Å²) in [5.74, 6) is -1.99. The van der Waals surface area contributed by atoms with E-state index >= 15 is 0 Å². The van der Waals surface area contributed by atoms with Gasteiger partial charge in [-0.1, -0.05) is 0 Å². The van der Waals surface area contributed by atoms with Crippen molar-refractivity contribution >= 4 is 17.1 Å². The standard InChI is InChI=1S/C18H23F2N5O/c1-11-12(2)22-16-15(21-11)14(13-3-5-18(19,20)6-4-13)23-17(24-16)25-7-9-26-10-8-25/h13H,3-10H2,1-2H3. The van der Waals surface area contributed by atoms with Crippen LogP contribution in [-0.2, 0) is 4.74 Å². The van der Waals surface area contributed by atoms with Crippen molar-refractivity contribution in [2.24, 2.45) is 0 Å². The fourth-order valence-electron chi connectivity index (χ4n) is 3.62. The van der Waals surface area contributed by atoms with Crippen molar-refractivity contribution < 1.29 is 13.5 Å². The predicted molar refractivity (Wildman–Crippen MR) is 93.8 cm³/mol. The summed E-state index contributed by atoms with van der Waals surface area (Å²) in [6.07, 6.45) is 0.620. The van der Waals surface area contributed by atoms with E-state index in [0.717, 1.165) is 17.1 Å². The number of alkyl halides is 2. The van der Waals surface area contributed by atoms with Gasteiger partial charge >= 0.3 is 0 Å². The van der Waals surface area contributed by atoms with Crippen LogP contribution >= 0.6 is 0 Å². The SMILES string of the molecule is Cc1nc2nc(N3CCOCC3)nc(C3CCC(F)(F)CC3)c2nc1C. The zero-order valence-electron chi connectivity index (χ0n) is 15.1. The third kappa shape index (κ3) is 3.34. The molecule has 0 amide bonds. The number of morpholine rings is 1. The Labute approximate surface area is 151 Å². The van der Waals surface area contributed by atoms with Gasteiger partial charge in [0.1, 0.15) is 5.52 Å². The van der Waals surface area contributed by atoms with Crippen molar-refractivity contribution in [3.63, 3.8) is 0 Å². The first-order valence-corrected chi connectivity index (χ1v) is 9.16. The van der Waals surface area contributed by atoms with Gasteiger partial charge in [0.25, 0.3) is 0 Å². The third-order valence-electron chi connectivity index (χ3n) is 5.36. The number of anilines is 1.